The highest BCUT2D eigenvalue weighted by molar-refractivity contribution is 5.61. The Morgan fingerprint density at radius 2 is 2.26 bits per heavy atom. The minimum Gasteiger partial charge on any atom is -0.490 e. The van der Waals surface area contributed by atoms with E-state index in [0.29, 0.717) is 6.54 Å². The van der Waals surface area contributed by atoms with Gasteiger partial charge in [-0.25, -0.2) is 4.39 Å². The van der Waals surface area contributed by atoms with Crippen LogP contribution < -0.4 is 9.64 Å². The smallest absolute Gasteiger partial charge is 0.313 e. The summed E-state index contributed by atoms with van der Waals surface area (Å²) in [6.45, 7) is 0.192. The Kier molecular flexibility index (Phi) is 3.84. The second kappa shape index (κ2) is 5.40. The van der Waals surface area contributed by atoms with Crippen molar-refractivity contribution < 1.29 is 19.2 Å². The maximum atomic E-state index is 14.0. The standard InChI is InChI=1S/C12H15FN2O4/c1-19-12-7-10(9(13)6-11(12)15(17)18)14(4-5-16)8-2-3-8/h6-8,16H,2-5H2,1H3. The minimum atomic E-state index is -0.681. The van der Waals surface area contributed by atoms with Crippen LogP contribution in [0.25, 0.3) is 0 Å². The van der Waals surface area contributed by atoms with Crippen LogP contribution in [0.4, 0.5) is 15.8 Å². The normalized spacial score (nSPS) is 14.3. The van der Waals surface area contributed by atoms with Crippen molar-refractivity contribution in [3.8, 4) is 5.75 Å². The molecule has 1 fully saturated rings. The summed E-state index contributed by atoms with van der Waals surface area (Å²) < 4.78 is 18.9. The molecule has 1 aliphatic carbocycles. The van der Waals surface area contributed by atoms with Crippen molar-refractivity contribution in [1.29, 1.82) is 0 Å². The molecule has 0 bridgehead atoms. The van der Waals surface area contributed by atoms with Gasteiger partial charge in [-0.2, -0.15) is 0 Å². The van der Waals surface area contributed by atoms with Gasteiger partial charge in [0.05, 0.1) is 30.4 Å². The molecule has 1 saturated carbocycles. The number of aliphatic hydroxyl groups is 1. The van der Waals surface area contributed by atoms with Crippen LogP contribution in [0.2, 0.25) is 0 Å². The van der Waals surface area contributed by atoms with Crippen LogP contribution in [0.15, 0.2) is 12.1 Å². The van der Waals surface area contributed by atoms with Crippen molar-refractivity contribution in [1.82, 2.24) is 0 Å². The largest absolute Gasteiger partial charge is 0.490 e. The second-order valence-corrected chi connectivity index (χ2v) is 4.38. The van der Waals surface area contributed by atoms with Gasteiger partial charge >= 0.3 is 5.69 Å². The van der Waals surface area contributed by atoms with E-state index in [-0.39, 0.29) is 24.1 Å². The van der Waals surface area contributed by atoms with E-state index < -0.39 is 16.4 Å². The molecule has 0 atom stereocenters. The van der Waals surface area contributed by atoms with Gasteiger partial charge in [0.25, 0.3) is 0 Å². The Bertz CT molecular complexity index is 491. The number of rotatable bonds is 6. The van der Waals surface area contributed by atoms with Gasteiger partial charge in [0, 0.05) is 18.7 Å². The second-order valence-electron chi connectivity index (χ2n) is 4.38. The first kappa shape index (κ1) is 13.5. The molecule has 104 valence electrons. The van der Waals surface area contributed by atoms with Crippen LogP contribution >= 0.6 is 0 Å². The third-order valence-corrected chi connectivity index (χ3v) is 3.08. The van der Waals surface area contributed by atoms with E-state index >= 15 is 0 Å². The molecule has 0 radical (unpaired) electrons. The molecule has 2 rings (SSSR count). The Hall–Kier alpha value is -1.89. The number of nitro benzene ring substituents is 1. The van der Waals surface area contributed by atoms with Crippen LogP contribution in [0.3, 0.4) is 0 Å². The molecule has 1 N–H and O–H groups in total. The molecule has 0 aliphatic heterocycles. The zero-order valence-corrected chi connectivity index (χ0v) is 10.5. The van der Waals surface area contributed by atoms with Gasteiger partial charge < -0.3 is 14.7 Å². The Labute approximate surface area is 109 Å². The third-order valence-electron chi connectivity index (χ3n) is 3.08. The lowest BCUT2D eigenvalue weighted by Gasteiger charge is -2.24. The van der Waals surface area contributed by atoms with Crippen molar-refractivity contribution in [2.24, 2.45) is 0 Å². The summed E-state index contributed by atoms with van der Waals surface area (Å²) in [6, 6.07) is 2.37. The fourth-order valence-electron chi connectivity index (χ4n) is 2.05. The third kappa shape index (κ3) is 2.76. The average molecular weight is 270 g/mol. The number of ether oxygens (including phenoxy) is 1. The maximum Gasteiger partial charge on any atom is 0.313 e. The maximum absolute atomic E-state index is 14.0. The molecular weight excluding hydrogens is 255 g/mol. The molecule has 1 aromatic carbocycles. The first-order valence-electron chi connectivity index (χ1n) is 5.98. The molecule has 0 unspecified atom stereocenters. The number of anilines is 1. The van der Waals surface area contributed by atoms with Crippen LogP contribution in [0, 0.1) is 15.9 Å². The fraction of sp³-hybridized carbons (Fsp3) is 0.500. The summed E-state index contributed by atoms with van der Waals surface area (Å²) in [6.07, 6.45) is 1.86. The van der Waals surface area contributed by atoms with E-state index in [1.54, 1.807) is 4.90 Å². The first-order valence-corrected chi connectivity index (χ1v) is 5.98. The molecule has 0 saturated heterocycles. The summed E-state index contributed by atoms with van der Waals surface area (Å²) in [5.41, 5.74) is -0.164. The highest BCUT2D eigenvalue weighted by Gasteiger charge is 2.32. The number of benzene rings is 1. The van der Waals surface area contributed by atoms with Gasteiger partial charge in [-0.1, -0.05) is 0 Å². The molecule has 7 heteroatoms. The SMILES string of the molecule is COc1cc(N(CCO)C2CC2)c(F)cc1[N+](=O)[O-]. The van der Waals surface area contributed by atoms with Gasteiger partial charge in [0.1, 0.15) is 0 Å². The molecular formula is C12H15FN2O4. The van der Waals surface area contributed by atoms with Crippen LogP contribution in [0.5, 0.6) is 5.75 Å². The summed E-state index contributed by atoms with van der Waals surface area (Å²) in [7, 11) is 1.30. The van der Waals surface area contributed by atoms with E-state index in [2.05, 4.69) is 0 Å². The van der Waals surface area contributed by atoms with E-state index in [1.807, 2.05) is 0 Å². The van der Waals surface area contributed by atoms with Gasteiger partial charge in [0.2, 0.25) is 0 Å². The molecule has 0 amide bonds. The highest BCUT2D eigenvalue weighted by Crippen LogP contribution is 2.38. The summed E-state index contributed by atoms with van der Waals surface area (Å²) in [5, 5.41) is 19.8. The lowest BCUT2D eigenvalue weighted by atomic mass is 10.2. The topological polar surface area (TPSA) is 75.8 Å². The van der Waals surface area contributed by atoms with Gasteiger partial charge in [-0.05, 0) is 12.8 Å². The molecule has 0 aromatic heterocycles. The monoisotopic (exact) mass is 270 g/mol. The summed E-state index contributed by atoms with van der Waals surface area (Å²) >= 11 is 0. The average Bonchev–Trinajstić information content (AvgIpc) is 3.20. The minimum absolute atomic E-state index is 0.0185. The van der Waals surface area contributed by atoms with E-state index in [1.165, 1.54) is 13.2 Å². The summed E-state index contributed by atoms with van der Waals surface area (Å²) in [5.74, 6) is -0.655. The molecule has 19 heavy (non-hydrogen) atoms. The lowest BCUT2D eigenvalue weighted by Crippen LogP contribution is -2.29. The Balaban J connectivity index is 2.41. The first-order chi connectivity index (χ1) is 9.08. The predicted molar refractivity (Wildman–Crippen MR) is 67.1 cm³/mol. The van der Waals surface area contributed by atoms with Crippen molar-refractivity contribution in [3.63, 3.8) is 0 Å². The van der Waals surface area contributed by atoms with Gasteiger partial charge in [-0.15, -0.1) is 0 Å². The van der Waals surface area contributed by atoms with Crippen LogP contribution in [0.1, 0.15) is 12.8 Å². The van der Waals surface area contributed by atoms with Crippen LogP contribution in [-0.4, -0.2) is 36.3 Å². The molecule has 1 aliphatic rings. The molecule has 1 aromatic rings. The van der Waals surface area contributed by atoms with Gasteiger partial charge in [-0.3, -0.25) is 10.1 Å². The number of hydrogen-bond acceptors (Lipinski definition) is 5. The number of nitro groups is 1. The number of hydrogen-bond donors (Lipinski definition) is 1. The van der Waals surface area contributed by atoms with Crippen molar-refractivity contribution in [2.45, 2.75) is 18.9 Å². The molecule has 0 heterocycles. The van der Waals surface area contributed by atoms with Gasteiger partial charge in [0.15, 0.2) is 11.6 Å². The van der Waals surface area contributed by atoms with Crippen LogP contribution in [-0.2, 0) is 0 Å². The quantitative estimate of drug-likeness (QED) is 0.629. The number of aliphatic hydroxyl groups excluding tert-OH is 1. The molecule has 0 spiro atoms. The van der Waals surface area contributed by atoms with E-state index in [0.717, 1.165) is 18.9 Å². The highest BCUT2D eigenvalue weighted by atomic mass is 19.1. The van der Waals surface area contributed by atoms with Crippen molar-refractivity contribution in [3.05, 3.63) is 28.1 Å². The van der Waals surface area contributed by atoms with E-state index in [9.17, 15) is 14.5 Å². The van der Waals surface area contributed by atoms with E-state index in [4.69, 9.17) is 9.84 Å². The Morgan fingerprint density at radius 3 is 2.74 bits per heavy atom. The number of nitrogens with zero attached hydrogens (tertiary/aromatic N) is 2. The lowest BCUT2D eigenvalue weighted by molar-refractivity contribution is -0.385. The predicted octanol–water partition coefficient (Wildman–Crippen LogP) is 1.70. The van der Waals surface area contributed by atoms with Crippen molar-refractivity contribution >= 4 is 11.4 Å². The summed E-state index contributed by atoms with van der Waals surface area (Å²) in [4.78, 5) is 11.8. The number of halogens is 1. The fourth-order valence-corrected chi connectivity index (χ4v) is 2.05. The number of methoxy groups -OCH3 is 1. The van der Waals surface area contributed by atoms with Crippen molar-refractivity contribution in [2.75, 3.05) is 25.2 Å². The Morgan fingerprint density at radius 1 is 1.58 bits per heavy atom. The zero-order valence-electron chi connectivity index (χ0n) is 10.5. The zero-order chi connectivity index (χ0) is 14.0. The molecule has 6 nitrogen and oxygen atoms in total.